The molecular formula is C45H78N20O6. The number of nitrogens with zero attached hydrogens (tertiary/aromatic N) is 8. The third-order valence-electron chi connectivity index (χ3n) is 10.8. The van der Waals surface area contributed by atoms with Gasteiger partial charge in [-0.15, -0.1) is 0 Å². The largest absolute Gasteiger partial charge is 0.370 e. The second kappa shape index (κ2) is 33.9. The molecular weight excluding hydrogens is 917 g/mol. The Balaban J connectivity index is 2.53. The Hall–Kier alpha value is -7.48. The zero-order chi connectivity index (χ0) is 52.6. The fourth-order valence-corrected chi connectivity index (χ4v) is 7.20. The summed E-state index contributed by atoms with van der Waals surface area (Å²) in [6.45, 7) is -0.198. The van der Waals surface area contributed by atoms with Gasteiger partial charge in [0.05, 0.1) is 26.2 Å². The summed E-state index contributed by atoms with van der Waals surface area (Å²) in [5, 5.41) is 7.43. The molecule has 0 spiro atoms. The maximum absolute atomic E-state index is 14.8. The molecule has 0 aliphatic carbocycles. The predicted octanol–water partition coefficient (Wildman–Crippen LogP) is -4.22. The van der Waals surface area contributed by atoms with Gasteiger partial charge in [0.2, 0.25) is 35.4 Å². The fraction of sp³-hybridized carbons (Fsp3) is 0.556. The molecule has 22 N–H and O–H groups in total. The van der Waals surface area contributed by atoms with E-state index in [4.69, 9.17) is 57.3 Å². The SMILES string of the molecule is NCCCCCCNCC(=O)N(CCCN=C(N)N)CC(=O)N(CCCN=C(N)N)CC(=O)N(CC(=O)N(CCCN=C(N)N)CC(=O)N[C@H](CCCN=C(N)N)C(N)=O)Cc1cccc2ccccc12. The summed E-state index contributed by atoms with van der Waals surface area (Å²) in [4.78, 5) is 104. The summed E-state index contributed by atoms with van der Waals surface area (Å²) in [7, 11) is 0. The van der Waals surface area contributed by atoms with Crippen LogP contribution in [-0.4, -0.2) is 177 Å². The molecule has 26 heteroatoms. The highest BCUT2D eigenvalue weighted by Gasteiger charge is 2.29. The Morgan fingerprint density at radius 1 is 0.507 bits per heavy atom. The van der Waals surface area contributed by atoms with E-state index < -0.39 is 61.8 Å². The number of aliphatic imine (C=N–C) groups is 4. The molecule has 6 amide bonds. The summed E-state index contributed by atoms with van der Waals surface area (Å²) >= 11 is 0. The number of hydrogen-bond acceptors (Lipinski definition) is 12. The molecule has 0 bridgehead atoms. The molecule has 2 rings (SSSR count). The number of carbonyl (C=O) groups excluding carboxylic acids is 6. The van der Waals surface area contributed by atoms with Gasteiger partial charge in [-0.2, -0.15) is 0 Å². The first-order chi connectivity index (χ1) is 33.9. The Morgan fingerprint density at radius 3 is 1.51 bits per heavy atom. The molecule has 2 aromatic rings. The van der Waals surface area contributed by atoms with Crippen LogP contribution in [0.25, 0.3) is 10.8 Å². The Bertz CT molecular complexity index is 2110. The van der Waals surface area contributed by atoms with Crippen LogP contribution in [0, 0.1) is 0 Å². The standard InChI is InChI=1S/C45H78N20O6/c46-17-5-1-2-6-18-56-26-37(67)63(24-10-21-59-44(52)53)29-38(68)64(25-11-22-60-45(54)55)30-40(70)65(27-33-14-7-13-32-12-3-4-15-34(32)33)31-39(69)62(23-9-20-58-43(50)51)28-36(66)61-35(41(47)71)16-8-19-57-42(48)49/h3-4,7,12-15,35,56H,1-2,5-6,8-11,16-31,46H2,(H2,47,71)(H,61,66)(H4,48,49,57)(H4,50,51,58)(H4,52,53,59)(H4,54,55,60)/t35-/m1/s1. The number of nitrogens with one attached hydrogen (secondary N) is 2. The Kier molecular flexibility index (Phi) is 28.5. The van der Waals surface area contributed by atoms with E-state index in [1.165, 1.54) is 19.6 Å². The molecule has 26 nitrogen and oxygen atoms in total. The zero-order valence-corrected chi connectivity index (χ0v) is 40.9. The third-order valence-corrected chi connectivity index (χ3v) is 10.8. The molecule has 0 fully saturated rings. The average Bonchev–Trinajstić information content (AvgIpc) is 3.31. The number of nitrogens with two attached hydrogens (primary N) is 10. The molecule has 0 aliphatic rings. The van der Waals surface area contributed by atoms with Gasteiger partial charge in [-0.3, -0.25) is 48.7 Å². The first-order valence-corrected chi connectivity index (χ1v) is 23.7. The molecule has 0 aliphatic heterocycles. The van der Waals surface area contributed by atoms with Crippen LogP contribution in [-0.2, 0) is 35.3 Å². The zero-order valence-electron chi connectivity index (χ0n) is 40.9. The number of rotatable bonds is 36. The van der Waals surface area contributed by atoms with E-state index in [0.717, 1.165) is 36.5 Å². The van der Waals surface area contributed by atoms with Crippen molar-refractivity contribution in [2.24, 2.45) is 77.3 Å². The maximum Gasteiger partial charge on any atom is 0.242 e. The van der Waals surface area contributed by atoms with Gasteiger partial charge < -0.3 is 87.6 Å². The van der Waals surface area contributed by atoms with E-state index in [2.05, 4.69) is 30.6 Å². The van der Waals surface area contributed by atoms with Crippen molar-refractivity contribution in [2.45, 2.75) is 70.4 Å². The lowest BCUT2D eigenvalue weighted by Gasteiger charge is -2.31. The Labute approximate surface area is 415 Å². The van der Waals surface area contributed by atoms with Gasteiger partial charge in [0.15, 0.2) is 23.8 Å². The number of unbranched alkanes of at least 4 members (excludes halogenated alkanes) is 3. The van der Waals surface area contributed by atoms with E-state index >= 15 is 0 Å². The number of benzene rings is 2. The lowest BCUT2D eigenvalue weighted by Crippen LogP contribution is -2.52. The first kappa shape index (κ1) is 59.6. The number of amides is 6. The summed E-state index contributed by atoms with van der Waals surface area (Å²) in [5.74, 6) is -4.27. The molecule has 2 aromatic carbocycles. The minimum atomic E-state index is -1.10. The molecule has 1 atom stereocenters. The summed E-state index contributed by atoms with van der Waals surface area (Å²) < 4.78 is 0. The van der Waals surface area contributed by atoms with Crippen LogP contribution in [0.1, 0.15) is 63.4 Å². The van der Waals surface area contributed by atoms with Crippen LogP contribution < -0.4 is 68.0 Å². The van der Waals surface area contributed by atoms with E-state index in [-0.39, 0.29) is 108 Å². The van der Waals surface area contributed by atoms with E-state index in [9.17, 15) is 28.8 Å². The van der Waals surface area contributed by atoms with Crippen LogP contribution in [0.3, 0.4) is 0 Å². The topological polar surface area (TPSA) is 449 Å². The van der Waals surface area contributed by atoms with Crippen LogP contribution in [0.15, 0.2) is 62.4 Å². The molecule has 71 heavy (non-hydrogen) atoms. The van der Waals surface area contributed by atoms with Gasteiger partial charge >= 0.3 is 0 Å². The van der Waals surface area contributed by atoms with Gasteiger partial charge in [-0.25, -0.2) is 0 Å². The fourth-order valence-electron chi connectivity index (χ4n) is 7.20. The van der Waals surface area contributed by atoms with Gasteiger partial charge in [-0.1, -0.05) is 55.3 Å². The van der Waals surface area contributed by atoms with E-state index in [1.54, 1.807) is 0 Å². The highest BCUT2D eigenvalue weighted by Crippen LogP contribution is 2.21. The van der Waals surface area contributed by atoms with E-state index in [1.807, 2.05) is 42.5 Å². The van der Waals surface area contributed by atoms with Crippen LogP contribution >= 0.6 is 0 Å². The second-order valence-electron chi connectivity index (χ2n) is 16.7. The number of primary amides is 1. The lowest BCUT2D eigenvalue weighted by molar-refractivity contribution is -0.147. The molecule has 0 aromatic heterocycles. The number of guanidine groups is 4. The average molecular weight is 995 g/mol. The third kappa shape index (κ3) is 25.6. The van der Waals surface area contributed by atoms with Crippen molar-refractivity contribution in [3.05, 3.63) is 48.0 Å². The van der Waals surface area contributed by atoms with Crippen molar-refractivity contribution < 1.29 is 28.8 Å². The number of carbonyl (C=O) groups is 6. The molecule has 0 saturated heterocycles. The second-order valence-corrected chi connectivity index (χ2v) is 16.7. The molecule has 0 unspecified atom stereocenters. The number of hydrogen-bond donors (Lipinski definition) is 12. The highest BCUT2D eigenvalue weighted by molar-refractivity contribution is 5.93. The maximum atomic E-state index is 14.8. The van der Waals surface area contributed by atoms with Crippen molar-refractivity contribution in [1.82, 2.24) is 30.2 Å². The minimum absolute atomic E-state index is 0.00143. The summed E-state index contributed by atoms with van der Waals surface area (Å²) in [6, 6.07) is 12.0. The van der Waals surface area contributed by atoms with Gasteiger partial charge in [0.25, 0.3) is 0 Å². The molecule has 0 radical (unpaired) electrons. The monoisotopic (exact) mass is 995 g/mol. The minimum Gasteiger partial charge on any atom is -0.370 e. The normalized spacial score (nSPS) is 11.1. The summed E-state index contributed by atoms with van der Waals surface area (Å²) in [5.41, 5.74) is 56.0. The van der Waals surface area contributed by atoms with Crippen molar-refractivity contribution in [3.8, 4) is 0 Å². The Morgan fingerprint density at radius 2 is 0.972 bits per heavy atom. The van der Waals surface area contributed by atoms with Crippen LogP contribution in [0.5, 0.6) is 0 Å². The van der Waals surface area contributed by atoms with Crippen LogP contribution in [0.2, 0.25) is 0 Å². The highest BCUT2D eigenvalue weighted by atomic mass is 16.2. The van der Waals surface area contributed by atoms with Crippen molar-refractivity contribution in [1.29, 1.82) is 0 Å². The van der Waals surface area contributed by atoms with Crippen LogP contribution in [0.4, 0.5) is 0 Å². The van der Waals surface area contributed by atoms with Gasteiger partial charge in [-0.05, 0) is 74.4 Å². The number of fused-ring (bicyclic) bond motifs is 1. The van der Waals surface area contributed by atoms with Crippen molar-refractivity contribution in [3.63, 3.8) is 0 Å². The molecule has 0 heterocycles. The molecule has 394 valence electrons. The molecule has 0 saturated carbocycles. The van der Waals surface area contributed by atoms with E-state index in [0.29, 0.717) is 31.5 Å². The quantitative estimate of drug-likeness (QED) is 0.0175. The smallest absolute Gasteiger partial charge is 0.242 e. The first-order valence-electron chi connectivity index (χ1n) is 23.7. The van der Waals surface area contributed by atoms with Gasteiger partial charge in [0, 0.05) is 52.4 Å². The van der Waals surface area contributed by atoms with Crippen molar-refractivity contribution in [2.75, 3.05) is 91.6 Å². The summed E-state index contributed by atoms with van der Waals surface area (Å²) in [6.07, 6.45) is 4.88. The van der Waals surface area contributed by atoms with Gasteiger partial charge in [0.1, 0.15) is 12.6 Å². The predicted molar refractivity (Wildman–Crippen MR) is 276 cm³/mol. The lowest BCUT2D eigenvalue weighted by atomic mass is 10.0. The van der Waals surface area contributed by atoms with Crippen molar-refractivity contribution >= 4 is 70.1 Å².